The number of sulfone groups is 1. The van der Waals surface area contributed by atoms with Gasteiger partial charge in [0.15, 0.2) is 9.84 Å². The molecule has 0 N–H and O–H groups in total. The molecule has 23 heavy (non-hydrogen) atoms. The summed E-state index contributed by atoms with van der Waals surface area (Å²) in [5.74, 6) is 3.44. The van der Waals surface area contributed by atoms with Gasteiger partial charge in [0.05, 0.1) is 10.5 Å². The van der Waals surface area contributed by atoms with Crippen LogP contribution in [-0.4, -0.2) is 18.9 Å². The van der Waals surface area contributed by atoms with Gasteiger partial charge in [0.1, 0.15) is 0 Å². The second-order valence-corrected chi connectivity index (χ2v) is 13.0. The van der Waals surface area contributed by atoms with Gasteiger partial charge in [-0.15, -0.1) is 0 Å². The zero-order valence-corrected chi connectivity index (χ0v) is 16.5. The monoisotopic (exact) mass is 338 g/mol. The van der Waals surface area contributed by atoms with Crippen LogP contribution in [0.2, 0.25) is 0 Å². The molecule has 0 amide bonds. The SMILES string of the molecule is CC1CC(S(=O)(=O)C2CC(C)C3CC2C3(C)C)C2CC1C2(C)C. The Morgan fingerprint density at radius 3 is 1.26 bits per heavy atom. The van der Waals surface area contributed by atoms with Gasteiger partial charge in [0.25, 0.3) is 0 Å². The van der Waals surface area contributed by atoms with E-state index < -0.39 is 9.84 Å². The number of hydrogen-bond donors (Lipinski definition) is 0. The van der Waals surface area contributed by atoms with E-state index in [0.29, 0.717) is 23.7 Å². The molecule has 8 atom stereocenters. The van der Waals surface area contributed by atoms with Gasteiger partial charge in [-0.1, -0.05) is 41.5 Å². The summed E-state index contributed by atoms with van der Waals surface area (Å²) in [5.41, 5.74) is 0.459. The first kappa shape index (κ1) is 16.4. The lowest BCUT2D eigenvalue weighted by molar-refractivity contribution is -0.104. The minimum atomic E-state index is -3.02. The van der Waals surface area contributed by atoms with E-state index in [1.807, 2.05) is 0 Å². The van der Waals surface area contributed by atoms with Gasteiger partial charge in [-0.05, 0) is 72.0 Å². The van der Waals surface area contributed by atoms with Crippen LogP contribution in [0.3, 0.4) is 0 Å². The lowest BCUT2D eigenvalue weighted by Crippen LogP contribution is -2.65. The van der Waals surface area contributed by atoms with Gasteiger partial charge in [-0.3, -0.25) is 0 Å². The molecule has 0 heterocycles. The summed E-state index contributed by atoms with van der Waals surface area (Å²) in [6, 6.07) is 0. The highest BCUT2D eigenvalue weighted by atomic mass is 32.2. The third-order valence-electron chi connectivity index (χ3n) is 9.16. The van der Waals surface area contributed by atoms with Crippen LogP contribution in [-0.2, 0) is 9.84 Å². The molecule has 4 bridgehead atoms. The van der Waals surface area contributed by atoms with Crippen LogP contribution in [0.5, 0.6) is 0 Å². The van der Waals surface area contributed by atoms with E-state index >= 15 is 0 Å². The molecule has 0 radical (unpaired) electrons. The smallest absolute Gasteiger partial charge is 0.156 e. The van der Waals surface area contributed by atoms with Crippen LogP contribution in [0.15, 0.2) is 0 Å². The molecule has 0 aliphatic heterocycles. The highest BCUT2D eigenvalue weighted by Crippen LogP contribution is 2.66. The van der Waals surface area contributed by atoms with Crippen molar-refractivity contribution in [2.24, 2.45) is 46.3 Å². The van der Waals surface area contributed by atoms with Gasteiger partial charge < -0.3 is 0 Å². The second kappa shape index (κ2) is 4.56. The van der Waals surface area contributed by atoms with E-state index in [9.17, 15) is 8.42 Å². The first-order valence-electron chi connectivity index (χ1n) is 9.71. The molecule has 6 aliphatic rings. The molecular formula is C20H34O2S. The fourth-order valence-electron chi connectivity index (χ4n) is 7.52. The van der Waals surface area contributed by atoms with Gasteiger partial charge in [-0.2, -0.15) is 0 Å². The van der Waals surface area contributed by atoms with Gasteiger partial charge in [0, 0.05) is 0 Å². The Morgan fingerprint density at radius 1 is 0.652 bits per heavy atom. The fraction of sp³-hybridized carbons (Fsp3) is 1.00. The quantitative estimate of drug-likeness (QED) is 0.740. The Kier molecular flexibility index (Phi) is 3.26. The number of rotatable bonds is 2. The van der Waals surface area contributed by atoms with Gasteiger partial charge >= 0.3 is 0 Å². The first-order valence-corrected chi connectivity index (χ1v) is 11.3. The largest absolute Gasteiger partial charge is 0.228 e. The molecule has 0 saturated heterocycles. The molecule has 0 aromatic rings. The molecular weight excluding hydrogens is 304 g/mol. The summed E-state index contributed by atoms with van der Waals surface area (Å²) in [6.45, 7) is 13.8. The maximum Gasteiger partial charge on any atom is 0.156 e. The summed E-state index contributed by atoms with van der Waals surface area (Å²) in [7, 11) is -3.02. The predicted octanol–water partition coefficient (Wildman–Crippen LogP) is 4.54. The maximum atomic E-state index is 13.7. The Morgan fingerprint density at radius 2 is 1.00 bits per heavy atom. The highest BCUT2D eigenvalue weighted by molar-refractivity contribution is 7.92. The number of fused-ring (bicyclic) bond motifs is 4. The number of hydrogen-bond acceptors (Lipinski definition) is 2. The van der Waals surface area contributed by atoms with Crippen molar-refractivity contribution >= 4 is 9.84 Å². The molecule has 2 nitrogen and oxygen atoms in total. The van der Waals surface area contributed by atoms with Crippen LogP contribution in [0.4, 0.5) is 0 Å². The third kappa shape index (κ3) is 1.89. The average Bonchev–Trinajstić information content (AvgIpc) is 2.44. The average molecular weight is 339 g/mol. The van der Waals surface area contributed by atoms with Crippen molar-refractivity contribution in [2.75, 3.05) is 0 Å². The maximum absolute atomic E-state index is 13.7. The standard InChI is InChI=1S/C20H34O2S/c1-11-7-17(15-9-13(11)19(15,3)4)23(21,22)18-8-12(2)14-10-16(18)20(14,5)6/h11-18H,7-10H2,1-6H3. The topological polar surface area (TPSA) is 34.1 Å². The second-order valence-electron chi connectivity index (χ2n) is 10.6. The van der Waals surface area contributed by atoms with E-state index in [1.165, 1.54) is 0 Å². The van der Waals surface area contributed by atoms with E-state index in [-0.39, 0.29) is 21.3 Å². The van der Waals surface area contributed by atoms with Crippen LogP contribution in [0.25, 0.3) is 0 Å². The van der Waals surface area contributed by atoms with Crippen molar-refractivity contribution in [1.82, 2.24) is 0 Å². The van der Waals surface area contributed by atoms with Crippen molar-refractivity contribution in [2.45, 2.75) is 77.7 Å². The highest BCUT2D eigenvalue weighted by Gasteiger charge is 2.65. The van der Waals surface area contributed by atoms with E-state index in [2.05, 4.69) is 41.5 Å². The van der Waals surface area contributed by atoms with E-state index in [0.717, 1.165) is 37.5 Å². The van der Waals surface area contributed by atoms with Crippen molar-refractivity contribution in [3.05, 3.63) is 0 Å². The summed E-state index contributed by atoms with van der Waals surface area (Å²) in [5, 5.41) is -0.134. The molecule has 0 aromatic carbocycles. The first-order chi connectivity index (χ1) is 10.5. The van der Waals surface area contributed by atoms with Crippen LogP contribution >= 0.6 is 0 Å². The molecule has 6 saturated carbocycles. The Labute approximate surface area is 142 Å². The van der Waals surface area contributed by atoms with E-state index in [4.69, 9.17) is 0 Å². The van der Waals surface area contributed by atoms with Crippen LogP contribution in [0, 0.1) is 46.3 Å². The molecule has 132 valence electrons. The Balaban J connectivity index is 1.66. The molecule has 8 unspecified atom stereocenters. The zero-order valence-electron chi connectivity index (χ0n) is 15.7. The molecule has 0 aromatic heterocycles. The summed E-state index contributed by atoms with van der Waals surface area (Å²) >= 11 is 0. The van der Waals surface area contributed by atoms with Gasteiger partial charge in [-0.25, -0.2) is 8.42 Å². The van der Waals surface area contributed by atoms with Crippen molar-refractivity contribution in [3.63, 3.8) is 0 Å². The minimum absolute atomic E-state index is 0.0670. The zero-order chi connectivity index (χ0) is 16.9. The minimum Gasteiger partial charge on any atom is -0.228 e. The fourth-order valence-corrected chi connectivity index (χ4v) is 11.0. The van der Waals surface area contributed by atoms with Gasteiger partial charge in [0.2, 0.25) is 0 Å². The summed E-state index contributed by atoms with van der Waals surface area (Å²) in [6.07, 6.45) is 4.14. The molecule has 0 spiro atoms. The van der Waals surface area contributed by atoms with Crippen molar-refractivity contribution < 1.29 is 8.42 Å². The normalized spacial score (nSPS) is 53.1. The van der Waals surface area contributed by atoms with Crippen molar-refractivity contribution in [3.8, 4) is 0 Å². The Bertz CT molecular complexity index is 570. The lowest BCUT2D eigenvalue weighted by Gasteiger charge is -2.65. The summed E-state index contributed by atoms with van der Waals surface area (Å²) < 4.78 is 27.4. The third-order valence-corrected chi connectivity index (χ3v) is 11.9. The van der Waals surface area contributed by atoms with Crippen LogP contribution < -0.4 is 0 Å². The lowest BCUT2D eigenvalue weighted by atomic mass is 9.45. The molecule has 3 heteroatoms. The molecule has 6 aliphatic carbocycles. The van der Waals surface area contributed by atoms with Crippen molar-refractivity contribution in [1.29, 1.82) is 0 Å². The molecule has 6 rings (SSSR count). The Hall–Kier alpha value is -0.0500. The summed E-state index contributed by atoms with van der Waals surface area (Å²) in [4.78, 5) is 0. The predicted molar refractivity (Wildman–Crippen MR) is 94.8 cm³/mol. The van der Waals surface area contributed by atoms with E-state index in [1.54, 1.807) is 0 Å². The van der Waals surface area contributed by atoms with Crippen LogP contribution in [0.1, 0.15) is 67.2 Å². The molecule has 6 fully saturated rings.